The van der Waals surface area contributed by atoms with Gasteiger partial charge in [0.15, 0.2) is 0 Å². The molecule has 3 atom stereocenters. The van der Waals surface area contributed by atoms with Crippen LogP contribution in [0, 0.1) is 0 Å². The minimum Gasteiger partial charge on any atom is -0.465 e. The largest absolute Gasteiger partial charge is 0.465 e. The molecule has 8 nitrogen and oxygen atoms in total. The van der Waals surface area contributed by atoms with Crippen molar-refractivity contribution in [1.82, 2.24) is 10.2 Å². The van der Waals surface area contributed by atoms with E-state index in [9.17, 15) is 29.7 Å². The molecule has 1 aliphatic carbocycles. The second-order valence-electron chi connectivity index (χ2n) is 6.09. The first kappa shape index (κ1) is 19.0. The Kier molecular flexibility index (Phi) is 5.54. The number of hydrogen-bond donors (Lipinski definition) is 4. The number of amides is 2. The number of aliphatic hydroxyl groups excluding tert-OH is 2. The first-order chi connectivity index (χ1) is 12.9. The van der Waals surface area contributed by atoms with Crippen LogP contribution >= 0.6 is 11.3 Å². The zero-order chi connectivity index (χ0) is 19.6. The van der Waals surface area contributed by atoms with E-state index < -0.39 is 42.6 Å². The Morgan fingerprint density at radius 3 is 2.56 bits per heavy atom. The zero-order valence-corrected chi connectivity index (χ0v) is 14.9. The Labute approximate surface area is 158 Å². The third-order valence-corrected chi connectivity index (χ3v) is 5.37. The van der Waals surface area contributed by atoms with Gasteiger partial charge in [0.2, 0.25) is 11.7 Å². The summed E-state index contributed by atoms with van der Waals surface area (Å²) in [5.41, 5.74) is 1.15. The molecule has 1 unspecified atom stereocenters. The number of nitrogens with one attached hydrogen (secondary N) is 1. The van der Waals surface area contributed by atoms with E-state index in [0.29, 0.717) is 16.0 Å². The lowest BCUT2D eigenvalue weighted by Crippen LogP contribution is -2.52. The third kappa shape index (κ3) is 3.70. The molecule has 0 bridgehead atoms. The predicted molar refractivity (Wildman–Crippen MR) is 96.4 cm³/mol. The van der Waals surface area contributed by atoms with Crippen molar-refractivity contribution >= 4 is 29.1 Å². The van der Waals surface area contributed by atoms with Gasteiger partial charge in [-0.25, -0.2) is 4.79 Å². The van der Waals surface area contributed by atoms with Gasteiger partial charge in [0, 0.05) is 6.54 Å². The highest BCUT2D eigenvalue weighted by atomic mass is 32.1. The maximum Gasteiger partial charge on any atom is 0.408 e. The van der Waals surface area contributed by atoms with Crippen LogP contribution in [-0.2, 0) is 11.3 Å². The number of aliphatic hydroxyl groups is 2. The third-order valence-electron chi connectivity index (χ3n) is 4.43. The Morgan fingerprint density at radius 1 is 1.22 bits per heavy atom. The number of rotatable bonds is 6. The van der Waals surface area contributed by atoms with Gasteiger partial charge in [-0.3, -0.25) is 14.5 Å². The van der Waals surface area contributed by atoms with Gasteiger partial charge < -0.3 is 20.6 Å². The molecular formula is C18H18N2O6S. The number of carbonyl (C=O) groups excluding carboxylic acids is 2. The number of thiophene rings is 1. The number of fused-ring (bicyclic) bond motifs is 1. The molecule has 1 heterocycles. The highest BCUT2D eigenvalue weighted by molar-refractivity contribution is 7.12. The minimum absolute atomic E-state index is 0.0926. The molecule has 0 spiro atoms. The smallest absolute Gasteiger partial charge is 0.408 e. The summed E-state index contributed by atoms with van der Waals surface area (Å²) in [7, 11) is 0. The maximum atomic E-state index is 12.7. The summed E-state index contributed by atoms with van der Waals surface area (Å²) in [6.07, 6.45) is -2.80. The highest BCUT2D eigenvalue weighted by Gasteiger charge is 2.42. The van der Waals surface area contributed by atoms with E-state index in [2.05, 4.69) is 5.32 Å². The molecule has 4 N–H and O–H groups in total. The minimum atomic E-state index is -1.43. The van der Waals surface area contributed by atoms with Gasteiger partial charge in [0.05, 0.1) is 17.5 Å². The molecular weight excluding hydrogens is 372 g/mol. The summed E-state index contributed by atoms with van der Waals surface area (Å²) in [5, 5.41) is 33.4. The van der Waals surface area contributed by atoms with Crippen molar-refractivity contribution in [3.05, 3.63) is 57.8 Å². The van der Waals surface area contributed by atoms with E-state index in [1.165, 1.54) is 11.3 Å². The fraction of sp³-hybridized carbons (Fsp3) is 0.278. The lowest BCUT2D eigenvalue weighted by Gasteiger charge is -2.28. The molecule has 0 fully saturated rings. The molecule has 0 saturated carbocycles. The van der Waals surface area contributed by atoms with Gasteiger partial charge >= 0.3 is 6.09 Å². The topological polar surface area (TPSA) is 127 Å². The first-order valence-electron chi connectivity index (χ1n) is 8.18. The van der Waals surface area contributed by atoms with Crippen LogP contribution in [0.2, 0.25) is 0 Å². The number of carbonyl (C=O) groups is 3. The number of Topliss-reactive ketones (excluding diaryl/α,β-unsaturated/α-hetero) is 1. The molecule has 1 aliphatic rings. The Morgan fingerprint density at radius 2 is 1.93 bits per heavy atom. The Hall–Kier alpha value is -2.75. The van der Waals surface area contributed by atoms with Crippen molar-refractivity contribution in [2.75, 3.05) is 6.61 Å². The van der Waals surface area contributed by atoms with Gasteiger partial charge in [-0.05, 0) is 22.6 Å². The van der Waals surface area contributed by atoms with Crippen molar-refractivity contribution in [2.45, 2.75) is 24.7 Å². The van der Waals surface area contributed by atoms with E-state index >= 15 is 0 Å². The maximum absolute atomic E-state index is 12.7. The summed E-state index contributed by atoms with van der Waals surface area (Å²) in [5.74, 6) is -1.27. The summed E-state index contributed by atoms with van der Waals surface area (Å²) >= 11 is 1.17. The number of carboxylic acid groups (broad SMARTS) is 1. The van der Waals surface area contributed by atoms with Crippen LogP contribution in [0.3, 0.4) is 0 Å². The van der Waals surface area contributed by atoms with Crippen LogP contribution in [-0.4, -0.2) is 56.8 Å². The summed E-state index contributed by atoms with van der Waals surface area (Å²) in [6.45, 7) is -0.830. The SMILES string of the molecule is O=C(N[C@H]1c2ccsc2C(=O)[C@H]1O)C(CO)N(Cc1ccccc1)C(=O)O. The second-order valence-corrected chi connectivity index (χ2v) is 7.01. The van der Waals surface area contributed by atoms with Crippen LogP contribution < -0.4 is 5.32 Å². The van der Waals surface area contributed by atoms with E-state index in [1.807, 2.05) is 0 Å². The average molecular weight is 390 g/mol. The van der Waals surface area contributed by atoms with E-state index in [1.54, 1.807) is 41.8 Å². The van der Waals surface area contributed by atoms with Crippen LogP contribution in [0.1, 0.15) is 26.8 Å². The molecule has 1 aromatic heterocycles. The monoisotopic (exact) mass is 390 g/mol. The van der Waals surface area contributed by atoms with Crippen molar-refractivity contribution in [1.29, 1.82) is 0 Å². The number of nitrogens with zero attached hydrogens (tertiary/aromatic N) is 1. The predicted octanol–water partition coefficient (Wildman–Crippen LogP) is 1.00. The molecule has 142 valence electrons. The van der Waals surface area contributed by atoms with Gasteiger partial charge in [0.25, 0.3) is 0 Å². The van der Waals surface area contributed by atoms with Gasteiger partial charge in [-0.2, -0.15) is 0 Å². The van der Waals surface area contributed by atoms with Crippen molar-refractivity contribution in [2.24, 2.45) is 0 Å². The standard InChI is InChI=1S/C18H18N2O6S/c21-9-12(20(18(25)26)8-10-4-2-1-3-5-10)17(24)19-13-11-6-7-27-16(11)15(23)14(13)22/h1-7,12-14,21-22H,8-9H2,(H,19,24)(H,25,26)/t12?,13-,14-/m0/s1. The summed E-state index contributed by atoms with van der Waals surface area (Å²) in [6, 6.07) is 7.95. The van der Waals surface area contributed by atoms with E-state index in [0.717, 1.165) is 4.90 Å². The Bertz CT molecular complexity index is 853. The van der Waals surface area contributed by atoms with Crippen LogP contribution in [0.25, 0.3) is 0 Å². The average Bonchev–Trinajstić information content (AvgIpc) is 3.21. The van der Waals surface area contributed by atoms with Crippen LogP contribution in [0.4, 0.5) is 4.79 Å². The molecule has 9 heteroatoms. The molecule has 0 radical (unpaired) electrons. The van der Waals surface area contributed by atoms with Crippen molar-refractivity contribution < 1.29 is 29.7 Å². The Balaban J connectivity index is 1.78. The molecule has 2 aromatic rings. The normalized spacial score (nSPS) is 19.4. The molecule has 0 saturated heterocycles. The molecule has 1 aromatic carbocycles. The molecule has 0 aliphatic heterocycles. The highest BCUT2D eigenvalue weighted by Crippen LogP contribution is 2.35. The molecule has 3 rings (SSSR count). The number of benzene rings is 1. The lowest BCUT2D eigenvalue weighted by molar-refractivity contribution is -0.128. The molecule has 2 amide bonds. The van der Waals surface area contributed by atoms with E-state index in [-0.39, 0.29) is 6.54 Å². The lowest BCUT2D eigenvalue weighted by atomic mass is 10.1. The van der Waals surface area contributed by atoms with Gasteiger partial charge in [-0.1, -0.05) is 30.3 Å². The summed E-state index contributed by atoms with van der Waals surface area (Å²) < 4.78 is 0. The first-order valence-corrected chi connectivity index (χ1v) is 9.06. The van der Waals surface area contributed by atoms with Crippen molar-refractivity contribution in [3.8, 4) is 0 Å². The fourth-order valence-electron chi connectivity index (χ4n) is 3.04. The fourth-order valence-corrected chi connectivity index (χ4v) is 3.96. The number of ketones is 1. The molecule has 27 heavy (non-hydrogen) atoms. The van der Waals surface area contributed by atoms with Crippen molar-refractivity contribution in [3.63, 3.8) is 0 Å². The second kappa shape index (κ2) is 7.87. The number of hydrogen-bond acceptors (Lipinski definition) is 6. The van der Waals surface area contributed by atoms with Crippen LogP contribution in [0.15, 0.2) is 41.8 Å². The van der Waals surface area contributed by atoms with E-state index in [4.69, 9.17) is 0 Å². The van der Waals surface area contributed by atoms with Gasteiger partial charge in [0.1, 0.15) is 12.1 Å². The van der Waals surface area contributed by atoms with Crippen LogP contribution in [0.5, 0.6) is 0 Å². The quantitative estimate of drug-likeness (QED) is 0.583. The van der Waals surface area contributed by atoms with Gasteiger partial charge in [-0.15, -0.1) is 11.3 Å². The summed E-state index contributed by atoms with van der Waals surface area (Å²) in [4.78, 5) is 37.5. The zero-order valence-electron chi connectivity index (χ0n) is 14.1.